The molecule has 1 radical (unpaired) electrons. The molecule has 0 saturated heterocycles. The summed E-state index contributed by atoms with van der Waals surface area (Å²) < 4.78 is 0. The first-order valence-corrected chi connectivity index (χ1v) is 3.33. The van der Waals surface area contributed by atoms with Gasteiger partial charge in [0.1, 0.15) is 0 Å². The largest absolute Gasteiger partial charge is 0.370 e. The van der Waals surface area contributed by atoms with Crippen LogP contribution >= 0.6 is 0 Å². The van der Waals surface area contributed by atoms with Crippen LogP contribution in [0.2, 0.25) is 0 Å². The normalized spacial score (nSPS) is 9.44. The second-order valence-corrected chi connectivity index (χ2v) is 2.12. The highest BCUT2D eigenvalue weighted by molar-refractivity contribution is 5.73. The van der Waals surface area contributed by atoms with Crippen LogP contribution in [0.4, 0.5) is 0 Å². The van der Waals surface area contributed by atoms with Crippen molar-refractivity contribution in [2.45, 2.75) is 32.6 Å². The molecule has 0 aliphatic heterocycles. The maximum absolute atomic E-state index is 10.2. The molecule has 0 aliphatic carbocycles. The molecule has 0 aromatic heterocycles. The fourth-order valence-electron chi connectivity index (χ4n) is 0.648. The third-order valence-corrected chi connectivity index (χ3v) is 1.17. The topological polar surface area (TPSA) is 43.1 Å². The van der Waals surface area contributed by atoms with E-state index < -0.39 is 0 Å². The summed E-state index contributed by atoms with van der Waals surface area (Å²) in [5, 5.41) is 0. The summed E-state index contributed by atoms with van der Waals surface area (Å²) in [5.74, 6) is -0.189. The number of amides is 1. The number of rotatable bonds is 5. The number of unbranched alkanes of at least 4 members (excludes halogenated alkanes) is 3. The van der Waals surface area contributed by atoms with Crippen LogP contribution in [-0.2, 0) is 4.79 Å². The Morgan fingerprint density at radius 1 is 1.56 bits per heavy atom. The molecule has 0 spiro atoms. The highest BCUT2D eigenvalue weighted by atomic mass is 16.1. The van der Waals surface area contributed by atoms with Gasteiger partial charge in [-0.25, -0.2) is 0 Å². The van der Waals surface area contributed by atoms with E-state index in [0.717, 1.165) is 19.3 Å². The van der Waals surface area contributed by atoms with Crippen molar-refractivity contribution in [3.05, 3.63) is 6.42 Å². The van der Waals surface area contributed by atoms with Gasteiger partial charge in [0.2, 0.25) is 5.91 Å². The molecule has 0 aromatic carbocycles. The van der Waals surface area contributed by atoms with Crippen LogP contribution in [0.25, 0.3) is 0 Å². The first-order valence-electron chi connectivity index (χ1n) is 3.33. The number of hydrogen-bond acceptors (Lipinski definition) is 1. The molecular formula is C7H14NO. The third kappa shape index (κ3) is 7.47. The van der Waals surface area contributed by atoms with Gasteiger partial charge in [0.25, 0.3) is 0 Å². The molecule has 2 N–H and O–H groups in total. The second-order valence-electron chi connectivity index (χ2n) is 2.12. The van der Waals surface area contributed by atoms with Crippen molar-refractivity contribution in [2.75, 3.05) is 0 Å². The van der Waals surface area contributed by atoms with E-state index in [9.17, 15) is 4.79 Å². The van der Waals surface area contributed by atoms with Gasteiger partial charge in [-0.1, -0.05) is 19.8 Å². The lowest BCUT2D eigenvalue weighted by Gasteiger charge is -1.93. The monoisotopic (exact) mass is 128 g/mol. The zero-order valence-corrected chi connectivity index (χ0v) is 5.89. The molecule has 0 bridgehead atoms. The summed E-state index contributed by atoms with van der Waals surface area (Å²) in [7, 11) is 0. The average molecular weight is 128 g/mol. The molecule has 53 valence electrons. The lowest BCUT2D eigenvalue weighted by molar-refractivity contribution is -0.118. The van der Waals surface area contributed by atoms with Crippen molar-refractivity contribution in [3.8, 4) is 0 Å². The van der Waals surface area contributed by atoms with E-state index >= 15 is 0 Å². The molecule has 0 rings (SSSR count). The number of primary amides is 1. The van der Waals surface area contributed by atoms with Crippen LogP contribution in [0.1, 0.15) is 32.6 Å². The molecule has 0 unspecified atom stereocenters. The molecule has 0 atom stereocenters. The molecule has 9 heavy (non-hydrogen) atoms. The van der Waals surface area contributed by atoms with Crippen LogP contribution in [0.5, 0.6) is 0 Å². The minimum atomic E-state index is -0.189. The molecular weight excluding hydrogens is 114 g/mol. The fraction of sp³-hybridized carbons (Fsp3) is 0.714. The highest BCUT2D eigenvalue weighted by Gasteiger charge is 1.91. The maximum Gasteiger partial charge on any atom is 0.217 e. The first-order chi connectivity index (χ1) is 4.27. The molecule has 0 saturated carbocycles. The van der Waals surface area contributed by atoms with Gasteiger partial charge in [-0.05, 0) is 12.8 Å². The number of carbonyl (C=O) groups is 1. The summed E-state index contributed by atoms with van der Waals surface area (Å²) in [4.78, 5) is 10.2. The quantitative estimate of drug-likeness (QED) is 0.556. The van der Waals surface area contributed by atoms with Gasteiger partial charge in [-0.15, -0.1) is 0 Å². The Balaban J connectivity index is 2.83. The SMILES string of the molecule is C[CH]CCCCC(N)=O. The van der Waals surface area contributed by atoms with E-state index in [-0.39, 0.29) is 5.91 Å². The molecule has 2 heteroatoms. The molecule has 0 aromatic rings. The van der Waals surface area contributed by atoms with Gasteiger partial charge in [0.15, 0.2) is 0 Å². The van der Waals surface area contributed by atoms with Crippen molar-refractivity contribution in [2.24, 2.45) is 5.73 Å². The number of carbonyl (C=O) groups excluding carboxylic acids is 1. The van der Waals surface area contributed by atoms with Crippen molar-refractivity contribution < 1.29 is 4.79 Å². The second kappa shape index (κ2) is 5.60. The maximum atomic E-state index is 10.2. The van der Waals surface area contributed by atoms with E-state index in [1.54, 1.807) is 0 Å². The van der Waals surface area contributed by atoms with Gasteiger partial charge in [0, 0.05) is 6.42 Å². The van der Waals surface area contributed by atoms with Crippen molar-refractivity contribution in [3.63, 3.8) is 0 Å². The van der Waals surface area contributed by atoms with Gasteiger partial charge in [-0.2, -0.15) is 0 Å². The minimum absolute atomic E-state index is 0.189. The predicted octanol–water partition coefficient (Wildman–Crippen LogP) is 1.26. The Morgan fingerprint density at radius 3 is 2.67 bits per heavy atom. The predicted molar refractivity (Wildman–Crippen MR) is 37.6 cm³/mol. The van der Waals surface area contributed by atoms with Gasteiger partial charge in [-0.3, -0.25) is 4.79 Å². The van der Waals surface area contributed by atoms with E-state index in [0.29, 0.717) is 6.42 Å². The highest BCUT2D eigenvalue weighted by Crippen LogP contribution is 1.99. The minimum Gasteiger partial charge on any atom is -0.370 e. The summed E-state index contributed by atoms with van der Waals surface area (Å²) in [6, 6.07) is 0. The zero-order valence-electron chi connectivity index (χ0n) is 5.89. The van der Waals surface area contributed by atoms with Crippen LogP contribution in [0.15, 0.2) is 0 Å². The van der Waals surface area contributed by atoms with Crippen molar-refractivity contribution >= 4 is 5.91 Å². The summed E-state index contributed by atoms with van der Waals surface area (Å²) in [5.41, 5.74) is 4.93. The van der Waals surface area contributed by atoms with Gasteiger partial charge < -0.3 is 5.73 Å². The van der Waals surface area contributed by atoms with E-state index in [1.807, 2.05) is 6.92 Å². The lowest BCUT2D eigenvalue weighted by Crippen LogP contribution is -2.09. The van der Waals surface area contributed by atoms with E-state index in [1.165, 1.54) is 0 Å². The zero-order chi connectivity index (χ0) is 7.11. The Bertz CT molecular complexity index is 81.0. The number of nitrogens with two attached hydrogens (primary N) is 1. The summed E-state index contributed by atoms with van der Waals surface area (Å²) in [6.45, 7) is 2.02. The van der Waals surface area contributed by atoms with Gasteiger partial charge in [0.05, 0.1) is 0 Å². The Labute approximate surface area is 56.4 Å². The van der Waals surface area contributed by atoms with Crippen LogP contribution in [-0.4, -0.2) is 5.91 Å². The van der Waals surface area contributed by atoms with E-state index in [2.05, 4.69) is 6.42 Å². The van der Waals surface area contributed by atoms with Crippen LogP contribution < -0.4 is 5.73 Å². The van der Waals surface area contributed by atoms with Crippen molar-refractivity contribution in [1.29, 1.82) is 0 Å². The molecule has 0 heterocycles. The summed E-state index contributed by atoms with van der Waals surface area (Å²) in [6.07, 6.45) is 5.74. The Kier molecular flexibility index (Phi) is 5.27. The molecule has 0 fully saturated rings. The van der Waals surface area contributed by atoms with Crippen LogP contribution in [0, 0.1) is 6.42 Å². The Hall–Kier alpha value is -0.530. The molecule has 1 amide bonds. The van der Waals surface area contributed by atoms with Crippen molar-refractivity contribution in [1.82, 2.24) is 0 Å². The van der Waals surface area contributed by atoms with E-state index in [4.69, 9.17) is 5.73 Å². The van der Waals surface area contributed by atoms with Crippen LogP contribution in [0.3, 0.4) is 0 Å². The lowest BCUT2D eigenvalue weighted by atomic mass is 10.1. The number of hydrogen-bond donors (Lipinski definition) is 1. The molecule has 0 aliphatic rings. The fourth-order valence-corrected chi connectivity index (χ4v) is 0.648. The average Bonchev–Trinajstić information content (AvgIpc) is 1.80. The standard InChI is InChI=1S/C7H14NO/c1-2-3-4-5-6-7(8)9/h2H,3-6H2,1H3,(H2,8,9). The van der Waals surface area contributed by atoms with Gasteiger partial charge >= 0.3 is 0 Å². The third-order valence-electron chi connectivity index (χ3n) is 1.17. The molecule has 2 nitrogen and oxygen atoms in total. The summed E-state index contributed by atoms with van der Waals surface area (Å²) >= 11 is 0. The first kappa shape index (κ1) is 8.47. The Morgan fingerprint density at radius 2 is 2.22 bits per heavy atom. The smallest absolute Gasteiger partial charge is 0.217 e.